The Hall–Kier alpha value is -0.350. The highest BCUT2D eigenvalue weighted by molar-refractivity contribution is 9.10. The van der Waals surface area contributed by atoms with Gasteiger partial charge >= 0.3 is 0 Å². The Bertz CT molecular complexity index is 513. The van der Waals surface area contributed by atoms with Crippen LogP contribution >= 0.6 is 38.9 Å². The molecule has 0 spiro atoms. The highest BCUT2D eigenvalue weighted by atomic mass is 79.9. The quantitative estimate of drug-likeness (QED) is 0.724. The van der Waals surface area contributed by atoms with E-state index in [4.69, 9.17) is 11.6 Å². The van der Waals surface area contributed by atoms with Gasteiger partial charge in [0.05, 0.1) is 0 Å². The van der Waals surface area contributed by atoms with Crippen molar-refractivity contribution in [1.82, 2.24) is 5.32 Å². The Morgan fingerprint density at radius 3 is 2.89 bits per heavy atom. The van der Waals surface area contributed by atoms with Crippen molar-refractivity contribution < 1.29 is 0 Å². The molecule has 0 aliphatic carbocycles. The first kappa shape index (κ1) is 15.0. The van der Waals surface area contributed by atoms with Crippen molar-refractivity contribution >= 4 is 38.9 Å². The minimum atomic E-state index is 0.331. The van der Waals surface area contributed by atoms with Crippen LogP contribution < -0.4 is 5.32 Å². The third-order valence-corrected chi connectivity index (χ3v) is 4.78. The molecular weight excluding hydrogens is 342 g/mol. The van der Waals surface area contributed by atoms with Crippen LogP contribution in [0.5, 0.6) is 0 Å². The fourth-order valence-electron chi connectivity index (χ4n) is 2.14. The summed E-state index contributed by atoms with van der Waals surface area (Å²) >= 11 is 11.5. The molecule has 0 bridgehead atoms. The maximum Gasteiger partial charge on any atom is 0.0410 e. The van der Waals surface area contributed by atoms with Crippen molar-refractivity contribution in [1.29, 1.82) is 0 Å². The minimum absolute atomic E-state index is 0.331. The van der Waals surface area contributed by atoms with E-state index in [2.05, 4.69) is 45.0 Å². The van der Waals surface area contributed by atoms with Gasteiger partial charge in [0.25, 0.3) is 0 Å². The maximum atomic E-state index is 6.11. The molecule has 0 aliphatic rings. The fourth-order valence-corrected chi connectivity index (χ4v) is 3.55. The number of benzene rings is 1. The summed E-state index contributed by atoms with van der Waals surface area (Å²) in [4.78, 5) is 0. The average Bonchev–Trinajstić information content (AvgIpc) is 2.91. The average molecular weight is 359 g/mol. The number of halogens is 2. The molecule has 0 saturated carbocycles. The molecule has 4 heteroatoms. The number of thiophene rings is 1. The van der Waals surface area contributed by atoms with Gasteiger partial charge in [0.15, 0.2) is 0 Å². The molecular formula is C15H17BrClNS. The highest BCUT2D eigenvalue weighted by Crippen LogP contribution is 2.29. The van der Waals surface area contributed by atoms with Gasteiger partial charge in [0, 0.05) is 15.5 Å². The first-order valence-corrected chi connectivity index (χ1v) is 8.51. The van der Waals surface area contributed by atoms with Gasteiger partial charge in [0.2, 0.25) is 0 Å². The van der Waals surface area contributed by atoms with Gasteiger partial charge in [-0.2, -0.15) is 11.3 Å². The number of nitrogens with one attached hydrogen (secondary N) is 1. The topological polar surface area (TPSA) is 12.0 Å². The molecule has 0 aliphatic heterocycles. The fraction of sp³-hybridized carbons (Fsp3) is 0.333. The molecule has 2 aromatic rings. The van der Waals surface area contributed by atoms with Crippen molar-refractivity contribution in [2.45, 2.75) is 25.8 Å². The van der Waals surface area contributed by atoms with Crippen LogP contribution in [0.4, 0.5) is 0 Å². The van der Waals surface area contributed by atoms with E-state index < -0.39 is 0 Å². The van der Waals surface area contributed by atoms with Crippen LogP contribution in [0.3, 0.4) is 0 Å². The summed E-state index contributed by atoms with van der Waals surface area (Å²) in [6.45, 7) is 3.09. The lowest BCUT2D eigenvalue weighted by Crippen LogP contribution is -2.21. The highest BCUT2D eigenvalue weighted by Gasteiger charge is 2.14. The molecule has 1 aromatic heterocycles. The molecule has 19 heavy (non-hydrogen) atoms. The Balaban J connectivity index is 2.12. The molecule has 2 rings (SSSR count). The predicted octanol–water partition coefficient (Wildman–Crippen LogP) is 5.45. The second-order valence-corrected chi connectivity index (χ2v) is 6.52. The third-order valence-electron chi connectivity index (χ3n) is 3.09. The van der Waals surface area contributed by atoms with Crippen molar-refractivity contribution in [3.63, 3.8) is 0 Å². The van der Waals surface area contributed by atoms with Gasteiger partial charge in [-0.15, -0.1) is 0 Å². The van der Waals surface area contributed by atoms with Gasteiger partial charge in [-0.1, -0.05) is 34.5 Å². The summed E-state index contributed by atoms with van der Waals surface area (Å²) < 4.78 is 1.12. The Kier molecular flexibility index (Phi) is 5.89. The SMILES string of the molecule is CCNC(CCc1ccsc1)c1cc(Cl)ccc1Br. The van der Waals surface area contributed by atoms with Gasteiger partial charge < -0.3 is 5.32 Å². The van der Waals surface area contributed by atoms with E-state index in [1.165, 1.54) is 11.1 Å². The molecule has 1 unspecified atom stereocenters. The zero-order chi connectivity index (χ0) is 13.7. The second kappa shape index (κ2) is 7.44. The van der Waals surface area contributed by atoms with Crippen LogP contribution in [0.2, 0.25) is 5.02 Å². The van der Waals surface area contributed by atoms with E-state index in [0.717, 1.165) is 28.9 Å². The van der Waals surface area contributed by atoms with E-state index in [-0.39, 0.29) is 0 Å². The zero-order valence-electron chi connectivity index (χ0n) is 10.8. The molecule has 0 amide bonds. The number of hydrogen-bond acceptors (Lipinski definition) is 2. The second-order valence-electron chi connectivity index (χ2n) is 4.45. The predicted molar refractivity (Wildman–Crippen MR) is 88.2 cm³/mol. The lowest BCUT2D eigenvalue weighted by atomic mass is 10.00. The van der Waals surface area contributed by atoms with E-state index in [0.29, 0.717) is 6.04 Å². The lowest BCUT2D eigenvalue weighted by Gasteiger charge is -2.20. The molecule has 1 nitrogen and oxygen atoms in total. The van der Waals surface area contributed by atoms with Crippen LogP contribution in [-0.4, -0.2) is 6.54 Å². The normalized spacial score (nSPS) is 12.6. The summed E-state index contributed by atoms with van der Waals surface area (Å²) in [5, 5.41) is 8.68. The van der Waals surface area contributed by atoms with E-state index in [9.17, 15) is 0 Å². The minimum Gasteiger partial charge on any atom is -0.310 e. The summed E-state index contributed by atoms with van der Waals surface area (Å²) in [6, 6.07) is 8.51. The summed E-state index contributed by atoms with van der Waals surface area (Å²) in [5.41, 5.74) is 2.65. The van der Waals surface area contributed by atoms with Crippen molar-refractivity contribution in [3.05, 3.63) is 55.6 Å². The largest absolute Gasteiger partial charge is 0.310 e. The van der Waals surface area contributed by atoms with Crippen LogP contribution in [0, 0.1) is 0 Å². The van der Waals surface area contributed by atoms with E-state index >= 15 is 0 Å². The van der Waals surface area contributed by atoms with Crippen molar-refractivity contribution in [2.75, 3.05) is 6.54 Å². The lowest BCUT2D eigenvalue weighted by molar-refractivity contribution is 0.514. The molecule has 1 aromatic carbocycles. The van der Waals surface area contributed by atoms with Gasteiger partial charge in [0.1, 0.15) is 0 Å². The maximum absolute atomic E-state index is 6.11. The van der Waals surface area contributed by atoms with Crippen LogP contribution in [0.1, 0.15) is 30.5 Å². The molecule has 0 fully saturated rings. The molecule has 0 saturated heterocycles. The van der Waals surface area contributed by atoms with Gasteiger partial charge in [-0.25, -0.2) is 0 Å². The number of aryl methyl sites for hydroxylation is 1. The Labute approximate surface area is 132 Å². The molecule has 1 atom stereocenters. The van der Waals surface area contributed by atoms with Crippen LogP contribution in [0.25, 0.3) is 0 Å². The van der Waals surface area contributed by atoms with Gasteiger partial charge in [-0.05, 0) is 65.5 Å². The molecule has 1 N–H and O–H groups in total. The Morgan fingerprint density at radius 2 is 2.21 bits per heavy atom. The van der Waals surface area contributed by atoms with Crippen LogP contribution in [-0.2, 0) is 6.42 Å². The van der Waals surface area contributed by atoms with Crippen LogP contribution in [0.15, 0.2) is 39.5 Å². The molecule has 0 radical (unpaired) electrons. The smallest absolute Gasteiger partial charge is 0.0410 e. The summed E-state index contributed by atoms with van der Waals surface area (Å²) in [7, 11) is 0. The number of hydrogen-bond donors (Lipinski definition) is 1. The van der Waals surface area contributed by atoms with E-state index in [1.54, 1.807) is 11.3 Å². The Morgan fingerprint density at radius 1 is 1.37 bits per heavy atom. The molecule has 102 valence electrons. The van der Waals surface area contributed by atoms with E-state index in [1.807, 2.05) is 18.2 Å². The number of rotatable bonds is 6. The van der Waals surface area contributed by atoms with Crippen molar-refractivity contribution in [3.8, 4) is 0 Å². The zero-order valence-corrected chi connectivity index (χ0v) is 14.0. The monoisotopic (exact) mass is 357 g/mol. The molecule has 1 heterocycles. The summed E-state index contributed by atoms with van der Waals surface area (Å²) in [5.74, 6) is 0. The first-order valence-electron chi connectivity index (χ1n) is 6.40. The van der Waals surface area contributed by atoms with Gasteiger partial charge in [-0.3, -0.25) is 0 Å². The first-order chi connectivity index (χ1) is 9.20. The van der Waals surface area contributed by atoms with Crippen molar-refractivity contribution in [2.24, 2.45) is 0 Å². The third kappa shape index (κ3) is 4.32. The standard InChI is InChI=1S/C15H17BrClNS/c1-2-18-15(6-3-11-7-8-19-10-11)13-9-12(17)4-5-14(13)16/h4-5,7-10,15,18H,2-3,6H2,1H3. The summed E-state index contributed by atoms with van der Waals surface area (Å²) in [6.07, 6.45) is 2.16.